The van der Waals surface area contributed by atoms with Crippen molar-refractivity contribution < 1.29 is 0 Å². The van der Waals surface area contributed by atoms with Gasteiger partial charge in [-0.05, 0) is 37.1 Å². The summed E-state index contributed by atoms with van der Waals surface area (Å²) in [5.74, 6) is 1.11. The van der Waals surface area contributed by atoms with Crippen LogP contribution in [0.4, 0.5) is 5.82 Å². The summed E-state index contributed by atoms with van der Waals surface area (Å²) in [4.78, 5) is 15.6. The summed E-state index contributed by atoms with van der Waals surface area (Å²) in [6, 6.07) is 1.06. The van der Waals surface area contributed by atoms with Crippen LogP contribution in [0.25, 0.3) is 10.2 Å². The highest BCUT2D eigenvalue weighted by Gasteiger charge is 2.24. The van der Waals surface area contributed by atoms with E-state index in [0.717, 1.165) is 50.2 Å². The second kappa shape index (κ2) is 7.72. The van der Waals surface area contributed by atoms with E-state index in [1.807, 2.05) is 18.7 Å². The van der Waals surface area contributed by atoms with Gasteiger partial charge < -0.3 is 14.8 Å². The van der Waals surface area contributed by atoms with Gasteiger partial charge in [-0.15, -0.1) is 11.3 Å². The Hall–Kier alpha value is -1.99. The van der Waals surface area contributed by atoms with Gasteiger partial charge in [-0.1, -0.05) is 6.92 Å². The summed E-state index contributed by atoms with van der Waals surface area (Å²) in [6.45, 7) is 7.44. The van der Waals surface area contributed by atoms with Gasteiger partial charge in [0.2, 0.25) is 0 Å². The molecule has 0 spiro atoms. The quantitative estimate of drug-likeness (QED) is 0.722. The Morgan fingerprint density at radius 2 is 2.15 bits per heavy atom. The molecule has 0 saturated carbocycles. The van der Waals surface area contributed by atoms with E-state index in [4.69, 9.17) is 0 Å². The van der Waals surface area contributed by atoms with Crippen LogP contribution in [0, 0.1) is 6.92 Å². The number of nitrogens with zero attached hydrogens (tertiary/aromatic N) is 5. The predicted molar refractivity (Wildman–Crippen MR) is 107 cm³/mol. The monoisotopic (exact) mass is 370 g/mol. The summed E-state index contributed by atoms with van der Waals surface area (Å²) in [5, 5.41) is 6.03. The summed E-state index contributed by atoms with van der Waals surface area (Å²) in [6.07, 6.45) is 10.9. The first-order valence-electron chi connectivity index (χ1n) is 9.40. The van der Waals surface area contributed by atoms with Crippen LogP contribution in [-0.4, -0.2) is 44.7 Å². The lowest BCUT2D eigenvalue weighted by Gasteiger charge is -2.35. The standard InChI is InChI=1S/C19H26N6S/c1-3-15(10-24-9-6-20-13-24)23-16-4-7-25(8-5-16)19-18-17(21-12-22-19)14(2)11-26-18/h6,9,11-13,15-16,23H,3-5,7-8,10H2,1-2H3. The van der Waals surface area contributed by atoms with E-state index in [0.29, 0.717) is 12.1 Å². The lowest BCUT2D eigenvalue weighted by Crippen LogP contribution is -2.47. The zero-order valence-corrected chi connectivity index (χ0v) is 16.2. The molecule has 4 rings (SSSR count). The van der Waals surface area contributed by atoms with Crippen molar-refractivity contribution in [1.29, 1.82) is 0 Å². The third-order valence-electron chi connectivity index (χ3n) is 5.26. The molecule has 0 bridgehead atoms. The summed E-state index contributed by atoms with van der Waals surface area (Å²) >= 11 is 1.76. The highest BCUT2D eigenvalue weighted by molar-refractivity contribution is 7.18. The molecule has 26 heavy (non-hydrogen) atoms. The van der Waals surface area contributed by atoms with Crippen LogP contribution >= 0.6 is 11.3 Å². The number of anilines is 1. The van der Waals surface area contributed by atoms with Crippen molar-refractivity contribution in [3.63, 3.8) is 0 Å². The molecule has 0 amide bonds. The number of hydrogen-bond donors (Lipinski definition) is 1. The number of piperidine rings is 1. The minimum atomic E-state index is 0.492. The molecule has 1 fully saturated rings. The molecule has 0 aromatic carbocycles. The molecule has 0 radical (unpaired) electrons. The number of imidazole rings is 1. The van der Waals surface area contributed by atoms with Crippen LogP contribution < -0.4 is 10.2 Å². The van der Waals surface area contributed by atoms with Crippen LogP contribution in [-0.2, 0) is 6.54 Å². The van der Waals surface area contributed by atoms with Gasteiger partial charge in [0.15, 0.2) is 0 Å². The molecular formula is C19H26N6S. The Kier molecular flexibility index (Phi) is 5.17. The van der Waals surface area contributed by atoms with E-state index in [-0.39, 0.29) is 0 Å². The third-order valence-corrected chi connectivity index (χ3v) is 6.34. The van der Waals surface area contributed by atoms with Gasteiger partial charge in [-0.3, -0.25) is 0 Å². The molecule has 1 unspecified atom stereocenters. The molecule has 3 aromatic rings. The van der Waals surface area contributed by atoms with Crippen LogP contribution in [0.3, 0.4) is 0 Å². The normalized spacial score (nSPS) is 17.1. The van der Waals surface area contributed by atoms with Crippen LogP contribution in [0.15, 0.2) is 30.4 Å². The fourth-order valence-electron chi connectivity index (χ4n) is 3.72. The van der Waals surface area contributed by atoms with Crippen LogP contribution in [0.1, 0.15) is 31.7 Å². The van der Waals surface area contributed by atoms with Crippen molar-refractivity contribution in [2.75, 3.05) is 18.0 Å². The maximum atomic E-state index is 4.59. The first-order chi connectivity index (χ1) is 12.7. The Morgan fingerprint density at radius 3 is 2.88 bits per heavy atom. The van der Waals surface area contributed by atoms with Gasteiger partial charge in [0.05, 0.1) is 16.5 Å². The number of aromatic nitrogens is 4. The van der Waals surface area contributed by atoms with Gasteiger partial charge >= 0.3 is 0 Å². The zero-order chi connectivity index (χ0) is 17.9. The van der Waals surface area contributed by atoms with Gasteiger partial charge in [-0.25, -0.2) is 15.0 Å². The third kappa shape index (κ3) is 3.59. The number of fused-ring (bicyclic) bond motifs is 1. The van der Waals surface area contributed by atoms with Gasteiger partial charge in [-0.2, -0.15) is 0 Å². The molecule has 3 aromatic heterocycles. The van der Waals surface area contributed by atoms with Crippen LogP contribution in [0.5, 0.6) is 0 Å². The van der Waals surface area contributed by atoms with Gasteiger partial charge in [0, 0.05) is 44.1 Å². The van der Waals surface area contributed by atoms with E-state index in [9.17, 15) is 0 Å². The zero-order valence-electron chi connectivity index (χ0n) is 15.4. The first kappa shape index (κ1) is 17.4. The molecule has 138 valence electrons. The van der Waals surface area contributed by atoms with Crippen molar-refractivity contribution in [1.82, 2.24) is 24.8 Å². The predicted octanol–water partition coefficient (Wildman–Crippen LogP) is 3.23. The van der Waals surface area contributed by atoms with E-state index in [1.54, 1.807) is 17.7 Å². The molecule has 6 nitrogen and oxygen atoms in total. The van der Waals surface area contributed by atoms with E-state index in [1.165, 1.54) is 10.3 Å². The number of hydrogen-bond acceptors (Lipinski definition) is 6. The van der Waals surface area contributed by atoms with Crippen molar-refractivity contribution >= 4 is 27.4 Å². The minimum Gasteiger partial charge on any atom is -0.355 e. The Morgan fingerprint density at radius 1 is 1.31 bits per heavy atom. The number of thiophene rings is 1. The van der Waals surface area contributed by atoms with E-state index < -0.39 is 0 Å². The molecule has 1 aliphatic rings. The topological polar surface area (TPSA) is 58.9 Å². The minimum absolute atomic E-state index is 0.492. The SMILES string of the molecule is CCC(Cn1ccnc1)NC1CCN(c2ncnc3c(C)csc23)CC1. The second-order valence-corrected chi connectivity index (χ2v) is 7.97. The molecular weight excluding hydrogens is 344 g/mol. The van der Waals surface area contributed by atoms with Gasteiger partial charge in [0.1, 0.15) is 12.1 Å². The maximum Gasteiger partial charge on any atom is 0.150 e. The maximum absolute atomic E-state index is 4.59. The second-order valence-electron chi connectivity index (χ2n) is 7.09. The summed E-state index contributed by atoms with van der Waals surface area (Å²) in [5.41, 5.74) is 2.35. The lowest BCUT2D eigenvalue weighted by molar-refractivity contribution is 0.336. The number of aryl methyl sites for hydroxylation is 1. The van der Waals surface area contributed by atoms with Crippen molar-refractivity contribution in [3.05, 3.63) is 36.0 Å². The van der Waals surface area contributed by atoms with Crippen LogP contribution in [0.2, 0.25) is 0 Å². The number of nitrogens with one attached hydrogen (secondary N) is 1. The fraction of sp³-hybridized carbons (Fsp3) is 0.526. The lowest BCUT2D eigenvalue weighted by atomic mass is 10.0. The van der Waals surface area contributed by atoms with Crippen molar-refractivity contribution in [2.45, 2.75) is 51.7 Å². The molecule has 7 heteroatoms. The van der Waals surface area contributed by atoms with E-state index >= 15 is 0 Å². The van der Waals surface area contributed by atoms with Crippen molar-refractivity contribution in [2.24, 2.45) is 0 Å². The first-order valence-corrected chi connectivity index (χ1v) is 10.3. The molecule has 1 N–H and O–H groups in total. The Balaban J connectivity index is 1.37. The average Bonchev–Trinajstić information content (AvgIpc) is 3.32. The molecule has 1 aliphatic heterocycles. The Labute approximate surface area is 158 Å². The highest BCUT2D eigenvalue weighted by Crippen LogP contribution is 2.32. The molecule has 4 heterocycles. The fourth-order valence-corrected chi connectivity index (χ4v) is 4.74. The van der Waals surface area contributed by atoms with Gasteiger partial charge in [0.25, 0.3) is 0 Å². The molecule has 1 atom stereocenters. The largest absolute Gasteiger partial charge is 0.355 e. The van der Waals surface area contributed by atoms with Crippen molar-refractivity contribution in [3.8, 4) is 0 Å². The van der Waals surface area contributed by atoms with E-state index in [2.05, 4.69) is 49.0 Å². The molecule has 0 aliphatic carbocycles. The average molecular weight is 371 g/mol. The Bertz CT molecular complexity index is 835. The number of rotatable bonds is 6. The molecule has 1 saturated heterocycles. The summed E-state index contributed by atoms with van der Waals surface area (Å²) in [7, 11) is 0. The smallest absolute Gasteiger partial charge is 0.150 e. The highest BCUT2D eigenvalue weighted by atomic mass is 32.1. The summed E-state index contributed by atoms with van der Waals surface area (Å²) < 4.78 is 3.38.